The molecule has 0 unspecified atom stereocenters. The number of hydrogen-bond acceptors (Lipinski definition) is 5. The Morgan fingerprint density at radius 2 is 2.46 bits per heavy atom. The third kappa shape index (κ3) is 2.94. The second-order valence-corrected chi connectivity index (χ2v) is 3.96. The van der Waals surface area contributed by atoms with Crippen LogP contribution in [0.1, 0.15) is 0 Å². The van der Waals surface area contributed by atoms with Gasteiger partial charge in [0.05, 0.1) is 19.0 Å². The van der Waals surface area contributed by atoms with Crippen LogP contribution >= 0.6 is 24.0 Å². The van der Waals surface area contributed by atoms with Crippen molar-refractivity contribution in [1.82, 2.24) is 10.2 Å². The number of aliphatic carboxylic acids is 1. The van der Waals surface area contributed by atoms with Crippen LogP contribution in [0, 0.1) is 0 Å². The fraction of sp³-hybridized carbons (Fsp3) is 0.500. The van der Waals surface area contributed by atoms with E-state index in [-0.39, 0.29) is 19.1 Å². The number of carbonyl (C=O) groups is 2. The minimum absolute atomic E-state index is 0.0760. The van der Waals surface area contributed by atoms with Crippen molar-refractivity contribution in [2.75, 3.05) is 19.0 Å². The molecule has 0 aromatic carbocycles. The van der Waals surface area contributed by atoms with Crippen LogP contribution in [0.5, 0.6) is 0 Å². The number of nitrogens with zero attached hydrogens (tertiary/aromatic N) is 1. The van der Waals surface area contributed by atoms with Crippen molar-refractivity contribution in [3.8, 4) is 0 Å². The van der Waals surface area contributed by atoms with E-state index >= 15 is 0 Å². The molecule has 7 heteroatoms. The zero-order chi connectivity index (χ0) is 9.84. The molecule has 0 spiro atoms. The van der Waals surface area contributed by atoms with E-state index in [2.05, 4.69) is 5.32 Å². The van der Waals surface area contributed by atoms with Gasteiger partial charge >= 0.3 is 5.97 Å². The second-order valence-electron chi connectivity index (χ2n) is 2.35. The van der Waals surface area contributed by atoms with E-state index in [1.165, 1.54) is 16.7 Å². The summed E-state index contributed by atoms with van der Waals surface area (Å²) < 4.78 is 0.503. The normalized spacial score (nSPS) is 16.8. The van der Waals surface area contributed by atoms with Gasteiger partial charge in [-0.15, -0.1) is 0 Å². The van der Waals surface area contributed by atoms with Crippen LogP contribution in [0.4, 0.5) is 0 Å². The molecule has 0 saturated carbocycles. The van der Waals surface area contributed by atoms with Crippen molar-refractivity contribution in [3.05, 3.63) is 0 Å². The number of amides is 1. The lowest BCUT2D eigenvalue weighted by molar-refractivity contribution is -0.136. The van der Waals surface area contributed by atoms with Gasteiger partial charge in [0.2, 0.25) is 5.91 Å². The van der Waals surface area contributed by atoms with E-state index in [1.54, 1.807) is 0 Å². The largest absolute Gasteiger partial charge is 0.480 e. The third-order valence-corrected chi connectivity index (χ3v) is 2.82. The number of carboxylic acid groups (broad SMARTS) is 1. The summed E-state index contributed by atoms with van der Waals surface area (Å²) in [6.45, 7) is 0.00796. The molecule has 1 saturated heterocycles. The highest BCUT2D eigenvalue weighted by atomic mass is 32.2. The molecule has 1 fully saturated rings. The van der Waals surface area contributed by atoms with Crippen molar-refractivity contribution in [2.45, 2.75) is 0 Å². The molecular weight excluding hydrogens is 212 g/mol. The Balaban J connectivity index is 2.31. The summed E-state index contributed by atoms with van der Waals surface area (Å²) in [6, 6.07) is 0. The number of carbonyl (C=O) groups excluding carboxylic acids is 1. The van der Waals surface area contributed by atoms with Gasteiger partial charge in [0.25, 0.3) is 0 Å². The lowest BCUT2D eigenvalue weighted by atomic mass is 10.6. The van der Waals surface area contributed by atoms with E-state index in [0.29, 0.717) is 10.1 Å². The molecule has 0 aliphatic carbocycles. The Hall–Kier alpha value is -0.660. The SMILES string of the molecule is O=C(O)CNCN1C(=O)CSC1=S. The lowest BCUT2D eigenvalue weighted by Gasteiger charge is -2.14. The second kappa shape index (κ2) is 4.54. The van der Waals surface area contributed by atoms with E-state index < -0.39 is 5.97 Å². The zero-order valence-electron chi connectivity index (χ0n) is 6.65. The first kappa shape index (κ1) is 10.4. The Kier molecular flexibility index (Phi) is 3.64. The van der Waals surface area contributed by atoms with Gasteiger partial charge in [-0.2, -0.15) is 0 Å². The Morgan fingerprint density at radius 1 is 1.77 bits per heavy atom. The molecule has 0 aromatic heterocycles. The Labute approximate surface area is 84.5 Å². The maximum atomic E-state index is 11.1. The molecule has 0 radical (unpaired) electrons. The molecule has 0 atom stereocenters. The molecule has 1 heterocycles. The number of nitrogens with one attached hydrogen (secondary N) is 1. The quantitative estimate of drug-likeness (QED) is 0.621. The van der Waals surface area contributed by atoms with Crippen molar-refractivity contribution >= 4 is 40.2 Å². The summed E-state index contributed by atoms with van der Waals surface area (Å²) in [5.41, 5.74) is 0. The zero-order valence-corrected chi connectivity index (χ0v) is 8.28. The van der Waals surface area contributed by atoms with E-state index in [4.69, 9.17) is 17.3 Å². The van der Waals surface area contributed by atoms with Gasteiger partial charge in [0, 0.05) is 0 Å². The van der Waals surface area contributed by atoms with Gasteiger partial charge in [0.1, 0.15) is 4.32 Å². The number of carboxylic acids is 1. The predicted molar refractivity (Wildman–Crippen MR) is 52.4 cm³/mol. The highest BCUT2D eigenvalue weighted by Gasteiger charge is 2.25. The average molecular weight is 220 g/mol. The van der Waals surface area contributed by atoms with Crippen molar-refractivity contribution in [3.63, 3.8) is 0 Å². The van der Waals surface area contributed by atoms with Crippen LogP contribution in [-0.4, -0.2) is 45.2 Å². The van der Waals surface area contributed by atoms with Gasteiger partial charge in [-0.3, -0.25) is 19.8 Å². The van der Waals surface area contributed by atoms with Crippen molar-refractivity contribution in [2.24, 2.45) is 0 Å². The summed E-state index contributed by atoms with van der Waals surface area (Å²) in [6.07, 6.45) is 0. The van der Waals surface area contributed by atoms with E-state index in [1.807, 2.05) is 0 Å². The highest BCUT2D eigenvalue weighted by molar-refractivity contribution is 8.23. The number of thioether (sulfide) groups is 1. The summed E-state index contributed by atoms with van der Waals surface area (Å²) in [7, 11) is 0. The number of rotatable bonds is 4. The predicted octanol–water partition coefficient (Wildman–Crippen LogP) is -0.522. The maximum absolute atomic E-state index is 11.1. The van der Waals surface area contributed by atoms with Gasteiger partial charge in [-0.25, -0.2) is 0 Å². The third-order valence-electron chi connectivity index (χ3n) is 1.39. The van der Waals surface area contributed by atoms with E-state index in [9.17, 15) is 9.59 Å². The fourth-order valence-electron chi connectivity index (χ4n) is 0.808. The molecule has 2 N–H and O–H groups in total. The number of hydrogen-bond donors (Lipinski definition) is 2. The fourth-order valence-corrected chi connectivity index (χ4v) is 1.88. The van der Waals surface area contributed by atoms with Crippen LogP contribution in [-0.2, 0) is 9.59 Å². The van der Waals surface area contributed by atoms with Gasteiger partial charge in [-0.1, -0.05) is 24.0 Å². The molecule has 1 rings (SSSR count). The Bertz CT molecular complexity index is 240. The molecule has 0 bridgehead atoms. The minimum atomic E-state index is -0.954. The van der Waals surface area contributed by atoms with Gasteiger partial charge in [-0.05, 0) is 0 Å². The monoisotopic (exact) mass is 220 g/mol. The highest BCUT2D eigenvalue weighted by Crippen LogP contribution is 2.17. The van der Waals surface area contributed by atoms with Crippen LogP contribution in [0.3, 0.4) is 0 Å². The molecule has 5 nitrogen and oxygen atoms in total. The van der Waals surface area contributed by atoms with Crippen molar-refractivity contribution in [1.29, 1.82) is 0 Å². The van der Waals surface area contributed by atoms with Crippen LogP contribution in [0.2, 0.25) is 0 Å². The van der Waals surface area contributed by atoms with E-state index in [0.717, 1.165) is 0 Å². The standard InChI is InChI=1S/C6H8N2O3S2/c9-4-2-13-6(12)8(4)3-7-1-5(10)11/h7H,1-3H2,(H,10,11). The lowest BCUT2D eigenvalue weighted by Crippen LogP contribution is -2.39. The Morgan fingerprint density at radius 3 is 2.92 bits per heavy atom. The molecule has 72 valence electrons. The molecule has 1 aliphatic heterocycles. The van der Waals surface area contributed by atoms with Gasteiger partial charge in [0.15, 0.2) is 0 Å². The first-order valence-electron chi connectivity index (χ1n) is 3.51. The topological polar surface area (TPSA) is 69.6 Å². The summed E-state index contributed by atoms with van der Waals surface area (Å²) in [5, 5.41) is 10.9. The first-order chi connectivity index (χ1) is 6.11. The molecule has 1 aliphatic rings. The summed E-state index contributed by atoms with van der Waals surface area (Å²) in [4.78, 5) is 22.6. The summed E-state index contributed by atoms with van der Waals surface area (Å²) in [5.74, 6) is -0.675. The van der Waals surface area contributed by atoms with Crippen LogP contribution < -0.4 is 5.32 Å². The minimum Gasteiger partial charge on any atom is -0.480 e. The molecular formula is C6H8N2O3S2. The molecule has 13 heavy (non-hydrogen) atoms. The number of thiocarbonyl (C=S) groups is 1. The van der Waals surface area contributed by atoms with Crippen LogP contribution in [0.25, 0.3) is 0 Å². The smallest absolute Gasteiger partial charge is 0.317 e. The van der Waals surface area contributed by atoms with Crippen molar-refractivity contribution < 1.29 is 14.7 Å². The summed E-state index contributed by atoms with van der Waals surface area (Å²) >= 11 is 6.17. The van der Waals surface area contributed by atoms with Crippen LogP contribution in [0.15, 0.2) is 0 Å². The first-order valence-corrected chi connectivity index (χ1v) is 4.90. The molecule has 1 amide bonds. The van der Waals surface area contributed by atoms with Gasteiger partial charge < -0.3 is 5.11 Å². The average Bonchev–Trinajstić information content (AvgIpc) is 2.34. The molecule has 0 aromatic rings. The maximum Gasteiger partial charge on any atom is 0.317 e.